The molecule has 98 valence electrons. The first-order valence-electron chi connectivity index (χ1n) is 5.50. The van der Waals surface area contributed by atoms with Crippen LogP contribution in [0.5, 0.6) is 0 Å². The summed E-state index contributed by atoms with van der Waals surface area (Å²) in [5.41, 5.74) is 0. The Kier molecular flexibility index (Phi) is 4.92. The summed E-state index contributed by atoms with van der Waals surface area (Å²) >= 11 is 0. The molecule has 1 rings (SSSR count). The number of alkyl halides is 3. The molecule has 1 aromatic heterocycles. The van der Waals surface area contributed by atoms with Gasteiger partial charge in [0.15, 0.2) is 5.82 Å². The minimum absolute atomic E-state index is 0.152. The summed E-state index contributed by atoms with van der Waals surface area (Å²) in [4.78, 5) is 3.73. The van der Waals surface area contributed by atoms with E-state index in [1.165, 1.54) is 0 Å². The van der Waals surface area contributed by atoms with Gasteiger partial charge in [0.25, 0.3) is 0 Å². The molecule has 4 nitrogen and oxygen atoms in total. The van der Waals surface area contributed by atoms with Gasteiger partial charge in [-0.05, 0) is 13.5 Å². The molecule has 0 aromatic carbocycles. The lowest BCUT2D eigenvalue weighted by Crippen LogP contribution is -2.27. The van der Waals surface area contributed by atoms with Crippen molar-refractivity contribution in [2.45, 2.75) is 44.8 Å². The van der Waals surface area contributed by atoms with E-state index >= 15 is 0 Å². The number of likely N-dealkylation sites (N-methyl/N-ethyl adjacent to an activating group) is 1. The van der Waals surface area contributed by atoms with Gasteiger partial charge in [-0.2, -0.15) is 18.2 Å². The minimum Gasteiger partial charge on any atom is -0.339 e. The molecular weight excluding hydrogens is 235 g/mol. The quantitative estimate of drug-likeness (QED) is 0.841. The van der Waals surface area contributed by atoms with Crippen LogP contribution in [0.4, 0.5) is 13.2 Å². The highest BCUT2D eigenvalue weighted by Crippen LogP contribution is 2.19. The first-order chi connectivity index (χ1) is 7.94. The average Bonchev–Trinajstić information content (AvgIpc) is 2.62. The Labute approximate surface area is 97.6 Å². The van der Waals surface area contributed by atoms with Gasteiger partial charge in [0.1, 0.15) is 6.42 Å². The van der Waals surface area contributed by atoms with Crippen molar-refractivity contribution in [3.05, 3.63) is 11.7 Å². The Balaban J connectivity index is 2.55. The fraction of sp³-hybridized carbons (Fsp3) is 0.800. The fourth-order valence-electron chi connectivity index (χ4n) is 1.53. The van der Waals surface area contributed by atoms with Gasteiger partial charge in [-0.1, -0.05) is 18.5 Å². The van der Waals surface area contributed by atoms with Gasteiger partial charge < -0.3 is 9.84 Å². The molecule has 0 aliphatic carbocycles. The standard InChI is InChI=1S/C10H16F3N3O/c1-3-4-7(14-2)5-9-15-8(16-17-9)6-10(11,12)13/h7,14H,3-6H2,1-2H3. The molecule has 0 saturated heterocycles. The van der Waals surface area contributed by atoms with Crippen molar-refractivity contribution in [1.82, 2.24) is 15.5 Å². The van der Waals surface area contributed by atoms with Crippen molar-refractivity contribution in [1.29, 1.82) is 0 Å². The summed E-state index contributed by atoms with van der Waals surface area (Å²) in [7, 11) is 1.80. The molecule has 0 bridgehead atoms. The van der Waals surface area contributed by atoms with Crippen LogP contribution < -0.4 is 5.32 Å². The lowest BCUT2D eigenvalue weighted by atomic mass is 10.1. The summed E-state index contributed by atoms with van der Waals surface area (Å²) in [6.45, 7) is 2.03. The molecule has 1 N–H and O–H groups in total. The van der Waals surface area contributed by atoms with Crippen LogP contribution in [0.15, 0.2) is 4.52 Å². The Hall–Kier alpha value is -1.11. The number of rotatable bonds is 6. The molecule has 0 spiro atoms. The molecule has 0 radical (unpaired) electrons. The van der Waals surface area contributed by atoms with Crippen LogP contribution in [0.25, 0.3) is 0 Å². The lowest BCUT2D eigenvalue weighted by Gasteiger charge is -2.11. The van der Waals surface area contributed by atoms with Crippen molar-refractivity contribution < 1.29 is 17.7 Å². The van der Waals surface area contributed by atoms with Crippen LogP contribution >= 0.6 is 0 Å². The molecule has 1 aromatic rings. The summed E-state index contributed by atoms with van der Waals surface area (Å²) in [6.07, 6.45) is -3.10. The van der Waals surface area contributed by atoms with Crippen LogP contribution in [0, 0.1) is 0 Å². The molecular formula is C10H16F3N3O. The number of aromatic nitrogens is 2. The first-order valence-corrected chi connectivity index (χ1v) is 5.50. The van der Waals surface area contributed by atoms with Crippen molar-refractivity contribution in [2.24, 2.45) is 0 Å². The Morgan fingerprint density at radius 3 is 2.65 bits per heavy atom. The van der Waals surface area contributed by atoms with E-state index < -0.39 is 12.6 Å². The SMILES string of the molecule is CCCC(Cc1nc(CC(F)(F)F)no1)NC. The zero-order valence-corrected chi connectivity index (χ0v) is 9.84. The normalized spacial score (nSPS) is 13.9. The summed E-state index contributed by atoms with van der Waals surface area (Å²) < 4.78 is 41.0. The van der Waals surface area contributed by atoms with E-state index in [9.17, 15) is 13.2 Å². The van der Waals surface area contributed by atoms with Gasteiger partial charge >= 0.3 is 6.18 Å². The topological polar surface area (TPSA) is 51.0 Å². The number of halogens is 3. The van der Waals surface area contributed by atoms with E-state index in [-0.39, 0.29) is 17.8 Å². The van der Waals surface area contributed by atoms with Gasteiger partial charge in [0, 0.05) is 12.5 Å². The molecule has 0 fully saturated rings. The van der Waals surface area contributed by atoms with E-state index in [2.05, 4.69) is 15.5 Å². The second-order valence-electron chi connectivity index (χ2n) is 3.87. The van der Waals surface area contributed by atoms with Gasteiger partial charge in [-0.25, -0.2) is 0 Å². The third-order valence-corrected chi connectivity index (χ3v) is 2.34. The molecule has 0 aliphatic rings. The maximum Gasteiger partial charge on any atom is 0.396 e. The molecule has 1 unspecified atom stereocenters. The predicted molar refractivity (Wildman–Crippen MR) is 55.5 cm³/mol. The fourth-order valence-corrected chi connectivity index (χ4v) is 1.53. The van der Waals surface area contributed by atoms with Crippen LogP contribution in [-0.4, -0.2) is 29.4 Å². The second kappa shape index (κ2) is 6.00. The smallest absolute Gasteiger partial charge is 0.339 e. The molecule has 0 amide bonds. The number of hydrogen-bond acceptors (Lipinski definition) is 4. The van der Waals surface area contributed by atoms with E-state index in [1.807, 2.05) is 6.92 Å². The zero-order chi connectivity index (χ0) is 12.9. The van der Waals surface area contributed by atoms with Crippen LogP contribution in [0.2, 0.25) is 0 Å². The summed E-state index contributed by atoms with van der Waals surface area (Å²) in [6, 6.07) is 0.152. The maximum absolute atomic E-state index is 12.1. The lowest BCUT2D eigenvalue weighted by molar-refractivity contribution is -0.128. The molecule has 1 heterocycles. The van der Waals surface area contributed by atoms with Crippen molar-refractivity contribution >= 4 is 0 Å². The number of nitrogens with zero attached hydrogens (tertiary/aromatic N) is 2. The Bertz CT molecular complexity index is 338. The minimum atomic E-state index is -4.30. The zero-order valence-electron chi connectivity index (χ0n) is 9.84. The second-order valence-corrected chi connectivity index (χ2v) is 3.87. The monoisotopic (exact) mass is 251 g/mol. The highest BCUT2D eigenvalue weighted by molar-refractivity contribution is 4.91. The van der Waals surface area contributed by atoms with Gasteiger partial charge in [-0.15, -0.1) is 0 Å². The van der Waals surface area contributed by atoms with Gasteiger partial charge in [0.05, 0.1) is 0 Å². The van der Waals surface area contributed by atoms with Gasteiger partial charge in [0.2, 0.25) is 5.89 Å². The van der Waals surface area contributed by atoms with Crippen molar-refractivity contribution in [2.75, 3.05) is 7.05 Å². The third-order valence-electron chi connectivity index (χ3n) is 2.34. The van der Waals surface area contributed by atoms with Crippen molar-refractivity contribution in [3.8, 4) is 0 Å². The molecule has 0 saturated carbocycles. The van der Waals surface area contributed by atoms with E-state index in [4.69, 9.17) is 4.52 Å². The maximum atomic E-state index is 12.1. The molecule has 7 heteroatoms. The molecule has 17 heavy (non-hydrogen) atoms. The van der Waals surface area contributed by atoms with E-state index in [0.717, 1.165) is 12.8 Å². The van der Waals surface area contributed by atoms with E-state index in [1.54, 1.807) is 7.05 Å². The van der Waals surface area contributed by atoms with Crippen LogP contribution in [-0.2, 0) is 12.8 Å². The predicted octanol–water partition coefficient (Wildman–Crippen LogP) is 2.10. The highest BCUT2D eigenvalue weighted by Gasteiger charge is 2.30. The first kappa shape index (κ1) is 14.0. The third kappa shape index (κ3) is 5.16. The Morgan fingerprint density at radius 2 is 2.12 bits per heavy atom. The highest BCUT2D eigenvalue weighted by atomic mass is 19.4. The van der Waals surface area contributed by atoms with Gasteiger partial charge in [-0.3, -0.25) is 0 Å². The Morgan fingerprint density at radius 1 is 1.41 bits per heavy atom. The summed E-state index contributed by atoms with van der Waals surface area (Å²) in [5.74, 6) is -0.0594. The summed E-state index contributed by atoms with van der Waals surface area (Å²) in [5, 5.41) is 6.37. The van der Waals surface area contributed by atoms with Crippen LogP contribution in [0.3, 0.4) is 0 Å². The number of hydrogen-bond donors (Lipinski definition) is 1. The molecule has 1 atom stereocenters. The average molecular weight is 251 g/mol. The van der Waals surface area contributed by atoms with Crippen LogP contribution in [0.1, 0.15) is 31.5 Å². The largest absolute Gasteiger partial charge is 0.396 e. The van der Waals surface area contributed by atoms with E-state index in [0.29, 0.717) is 6.42 Å². The van der Waals surface area contributed by atoms with Crippen molar-refractivity contribution in [3.63, 3.8) is 0 Å². The number of nitrogens with one attached hydrogen (secondary N) is 1. The molecule has 0 aliphatic heterocycles.